The predicted octanol–water partition coefficient (Wildman–Crippen LogP) is 1.22. The van der Waals surface area contributed by atoms with Crippen LogP contribution in [0.2, 0.25) is 0 Å². The average Bonchev–Trinajstić information content (AvgIpc) is 2.04. The van der Waals surface area contributed by atoms with Crippen molar-refractivity contribution in [3.63, 3.8) is 0 Å². The summed E-state index contributed by atoms with van der Waals surface area (Å²) in [6.45, 7) is 3.88. The van der Waals surface area contributed by atoms with Crippen LogP contribution in [0.1, 0.15) is 19.3 Å². The first-order chi connectivity index (χ1) is 5.74. The first-order valence-electron chi connectivity index (χ1n) is 4.07. The minimum atomic E-state index is 0.00477. The van der Waals surface area contributed by atoms with E-state index in [2.05, 4.69) is 6.92 Å². The Balaban J connectivity index is 3.61. The highest BCUT2D eigenvalue weighted by atomic mass is 16.5. The molecule has 0 aliphatic carbocycles. The Morgan fingerprint density at radius 3 is 2.58 bits per heavy atom. The van der Waals surface area contributed by atoms with E-state index in [0.29, 0.717) is 6.42 Å². The van der Waals surface area contributed by atoms with Crippen LogP contribution in [0.4, 0.5) is 0 Å². The lowest BCUT2D eigenvalue weighted by Gasteiger charge is -2.12. The lowest BCUT2D eigenvalue weighted by Crippen LogP contribution is -2.18. The highest BCUT2D eigenvalue weighted by molar-refractivity contribution is 5.80. The molecule has 0 fully saturated rings. The smallest absolute Gasteiger partial charge is 0.161 e. The second-order valence-corrected chi connectivity index (χ2v) is 2.68. The van der Waals surface area contributed by atoms with Gasteiger partial charge >= 0.3 is 0 Å². The summed E-state index contributed by atoms with van der Waals surface area (Å²) in [4.78, 5) is 11.1. The third-order valence-corrected chi connectivity index (χ3v) is 1.62. The Morgan fingerprint density at radius 1 is 1.50 bits per heavy atom. The number of rotatable bonds is 7. The number of ketones is 1. The second-order valence-electron chi connectivity index (χ2n) is 2.68. The molecule has 0 amide bonds. The van der Waals surface area contributed by atoms with Gasteiger partial charge in [0.05, 0.1) is 6.10 Å². The number of carbonyl (C=O) groups excluding carboxylic acids is 1. The van der Waals surface area contributed by atoms with Gasteiger partial charge in [0.2, 0.25) is 0 Å². The van der Waals surface area contributed by atoms with Gasteiger partial charge in [-0.1, -0.05) is 13.3 Å². The van der Waals surface area contributed by atoms with Gasteiger partial charge in [0.15, 0.2) is 5.78 Å². The first kappa shape index (κ1) is 11.6. The topological polar surface area (TPSA) is 35.5 Å². The molecule has 0 heterocycles. The van der Waals surface area contributed by atoms with Gasteiger partial charge in [-0.25, -0.2) is 0 Å². The predicted molar refractivity (Wildman–Crippen MR) is 46.9 cm³/mol. The summed E-state index contributed by atoms with van der Waals surface area (Å²) in [6, 6.07) is 0. The van der Waals surface area contributed by atoms with Crippen molar-refractivity contribution in [2.24, 2.45) is 0 Å². The minimum absolute atomic E-state index is 0.00477. The van der Waals surface area contributed by atoms with Gasteiger partial charge in [-0.3, -0.25) is 4.79 Å². The maximum atomic E-state index is 11.1. The molecule has 0 saturated carbocycles. The molecule has 71 valence electrons. The van der Waals surface area contributed by atoms with Gasteiger partial charge < -0.3 is 9.47 Å². The van der Waals surface area contributed by atoms with E-state index in [1.165, 1.54) is 7.11 Å². The van der Waals surface area contributed by atoms with Crippen LogP contribution in [0.3, 0.4) is 0 Å². The maximum Gasteiger partial charge on any atom is 0.161 e. The molecule has 0 bridgehead atoms. The summed E-state index contributed by atoms with van der Waals surface area (Å²) in [6.07, 6.45) is 2.05. The largest absolute Gasteiger partial charge is 0.381 e. The summed E-state index contributed by atoms with van der Waals surface area (Å²) in [7, 11) is 3.13. The number of hydrogen-bond acceptors (Lipinski definition) is 3. The molecule has 1 atom stereocenters. The number of hydrogen-bond donors (Lipinski definition) is 0. The van der Waals surface area contributed by atoms with E-state index in [9.17, 15) is 4.79 Å². The van der Waals surface area contributed by atoms with Gasteiger partial charge in [-0.2, -0.15) is 0 Å². The number of Topliss-reactive ketones (excluding diaryl/α,β-unsaturated/α-hetero) is 1. The van der Waals surface area contributed by atoms with Crippen LogP contribution in [0.5, 0.6) is 0 Å². The van der Waals surface area contributed by atoms with Crippen molar-refractivity contribution < 1.29 is 14.3 Å². The normalized spacial score (nSPS) is 12.9. The molecule has 0 saturated heterocycles. The molecule has 1 unspecified atom stereocenters. The van der Waals surface area contributed by atoms with E-state index in [1.807, 2.05) is 0 Å². The Morgan fingerprint density at radius 2 is 2.17 bits per heavy atom. The Labute approximate surface area is 74.0 Å². The van der Waals surface area contributed by atoms with Crippen LogP contribution in [-0.2, 0) is 14.3 Å². The van der Waals surface area contributed by atoms with Gasteiger partial charge in [-0.15, -0.1) is 0 Å². The molecule has 3 nitrogen and oxygen atoms in total. The Hall–Kier alpha value is -0.410. The van der Waals surface area contributed by atoms with Crippen LogP contribution in [0.25, 0.3) is 0 Å². The fourth-order valence-corrected chi connectivity index (χ4v) is 1.00. The molecule has 0 aromatic carbocycles. The molecule has 1 radical (unpaired) electrons. The Kier molecular flexibility index (Phi) is 7.00. The molecule has 12 heavy (non-hydrogen) atoms. The van der Waals surface area contributed by atoms with Crippen molar-refractivity contribution in [2.45, 2.75) is 25.4 Å². The van der Waals surface area contributed by atoms with E-state index in [-0.39, 0.29) is 18.5 Å². The summed E-state index contributed by atoms with van der Waals surface area (Å²) < 4.78 is 9.80. The van der Waals surface area contributed by atoms with E-state index >= 15 is 0 Å². The van der Waals surface area contributed by atoms with Crippen LogP contribution < -0.4 is 0 Å². The van der Waals surface area contributed by atoms with Crippen molar-refractivity contribution in [1.82, 2.24) is 0 Å². The summed E-state index contributed by atoms with van der Waals surface area (Å²) in [5, 5.41) is 0. The molecular formula is C9H17O3. The third kappa shape index (κ3) is 5.27. The maximum absolute atomic E-state index is 11.1. The van der Waals surface area contributed by atoms with Crippen molar-refractivity contribution in [2.75, 3.05) is 20.8 Å². The summed E-state index contributed by atoms with van der Waals surface area (Å²) >= 11 is 0. The molecule has 0 spiro atoms. The summed E-state index contributed by atoms with van der Waals surface area (Å²) in [5.41, 5.74) is 0. The molecule has 0 aliphatic rings. The average molecular weight is 173 g/mol. The first-order valence-corrected chi connectivity index (χ1v) is 4.07. The van der Waals surface area contributed by atoms with E-state index in [1.54, 1.807) is 7.11 Å². The van der Waals surface area contributed by atoms with Gasteiger partial charge in [0.1, 0.15) is 6.61 Å². The lowest BCUT2D eigenvalue weighted by molar-refractivity contribution is -0.125. The lowest BCUT2D eigenvalue weighted by atomic mass is 10.1. The van der Waals surface area contributed by atoms with Crippen LogP contribution in [-0.4, -0.2) is 32.7 Å². The fraction of sp³-hybridized carbons (Fsp3) is 0.778. The van der Waals surface area contributed by atoms with Gasteiger partial charge in [-0.05, 0) is 6.42 Å². The van der Waals surface area contributed by atoms with Crippen molar-refractivity contribution in [3.8, 4) is 0 Å². The zero-order valence-corrected chi connectivity index (χ0v) is 7.84. The monoisotopic (exact) mass is 173 g/mol. The fourth-order valence-electron chi connectivity index (χ4n) is 1.00. The molecule has 0 aliphatic heterocycles. The summed E-state index contributed by atoms with van der Waals surface area (Å²) in [5.74, 6) is 0.0813. The van der Waals surface area contributed by atoms with Gasteiger partial charge in [0.25, 0.3) is 0 Å². The molecule has 0 N–H and O–H groups in total. The molecule has 3 heteroatoms. The van der Waals surface area contributed by atoms with Crippen molar-refractivity contribution >= 4 is 5.78 Å². The number of methoxy groups -OCH3 is 2. The van der Waals surface area contributed by atoms with Crippen LogP contribution >= 0.6 is 0 Å². The van der Waals surface area contributed by atoms with E-state index in [0.717, 1.165) is 12.8 Å². The second kappa shape index (κ2) is 7.25. The van der Waals surface area contributed by atoms with Crippen molar-refractivity contribution in [3.05, 3.63) is 6.92 Å². The number of carbonyl (C=O) groups is 1. The quantitative estimate of drug-likeness (QED) is 0.580. The number of ether oxygens (including phenoxy) is 2. The SMILES string of the molecule is [CH2]CCC(CC(=O)COC)OC. The Bertz CT molecular complexity index is 123. The third-order valence-electron chi connectivity index (χ3n) is 1.62. The van der Waals surface area contributed by atoms with Crippen LogP contribution in [0.15, 0.2) is 0 Å². The minimum Gasteiger partial charge on any atom is -0.381 e. The highest BCUT2D eigenvalue weighted by Crippen LogP contribution is 2.05. The van der Waals surface area contributed by atoms with Crippen LogP contribution in [0, 0.1) is 6.92 Å². The molecular weight excluding hydrogens is 156 g/mol. The zero-order chi connectivity index (χ0) is 9.40. The van der Waals surface area contributed by atoms with E-state index in [4.69, 9.17) is 9.47 Å². The molecule has 0 aromatic heterocycles. The van der Waals surface area contributed by atoms with E-state index < -0.39 is 0 Å². The zero-order valence-electron chi connectivity index (χ0n) is 7.84. The molecule has 0 aromatic rings. The highest BCUT2D eigenvalue weighted by Gasteiger charge is 2.11. The molecule has 0 rings (SSSR count). The standard InChI is InChI=1S/C9H17O3/c1-4-5-9(12-3)6-8(10)7-11-2/h9H,1,4-7H2,2-3H3. The van der Waals surface area contributed by atoms with Gasteiger partial charge in [0, 0.05) is 20.6 Å². The van der Waals surface area contributed by atoms with Crippen molar-refractivity contribution in [1.29, 1.82) is 0 Å².